The number of benzene rings is 1. The number of rotatable bonds is 13. The van der Waals surface area contributed by atoms with Crippen LogP contribution in [0.1, 0.15) is 76.7 Å². The van der Waals surface area contributed by atoms with E-state index in [1.807, 2.05) is 0 Å². The van der Waals surface area contributed by atoms with E-state index in [1.54, 1.807) is 0 Å². The first-order valence-electron chi connectivity index (χ1n) is 9.67. The van der Waals surface area contributed by atoms with E-state index >= 15 is 0 Å². The fourth-order valence-corrected chi connectivity index (χ4v) is 7.63. The van der Waals surface area contributed by atoms with Crippen molar-refractivity contribution in [2.24, 2.45) is 0 Å². The average molecular weight is 401 g/mol. The molecule has 0 unspecified atom stereocenters. The minimum absolute atomic E-state index is 1.23. The van der Waals surface area contributed by atoms with E-state index in [2.05, 4.69) is 66.1 Å². The van der Waals surface area contributed by atoms with Crippen LogP contribution < -0.4 is 0 Å². The van der Waals surface area contributed by atoms with Crippen LogP contribution in [0.4, 0.5) is 0 Å². The zero-order valence-electron chi connectivity index (χ0n) is 15.7. The molecule has 0 aliphatic rings. The first-order chi connectivity index (χ1) is 10.9. The zero-order chi connectivity index (χ0) is 17.0. The van der Waals surface area contributed by atoms with Gasteiger partial charge in [0.1, 0.15) is 0 Å². The Morgan fingerprint density at radius 2 is 1.22 bits per heavy atom. The predicted molar refractivity (Wildman–Crippen MR) is 115 cm³/mol. The molecule has 0 aliphatic carbocycles. The van der Waals surface area contributed by atoms with E-state index in [4.69, 9.17) is 0 Å². The van der Waals surface area contributed by atoms with Gasteiger partial charge in [0.05, 0.1) is 0 Å². The molecule has 0 amide bonds. The molecular formula is C21H38BrP. The molecular weight excluding hydrogens is 363 g/mol. The van der Waals surface area contributed by atoms with Crippen LogP contribution in [0.5, 0.6) is 0 Å². The molecule has 0 aromatic heterocycles. The molecule has 1 aromatic rings. The van der Waals surface area contributed by atoms with Crippen molar-refractivity contribution in [1.29, 1.82) is 0 Å². The van der Waals surface area contributed by atoms with Crippen molar-refractivity contribution in [3.05, 3.63) is 35.9 Å². The Morgan fingerprint density at radius 1 is 0.739 bits per heavy atom. The Balaban J connectivity index is 2.11. The number of hydrogen-bond donors (Lipinski definition) is 0. The van der Waals surface area contributed by atoms with Gasteiger partial charge in [0, 0.05) is 0 Å². The molecule has 0 atom stereocenters. The summed E-state index contributed by atoms with van der Waals surface area (Å²) in [6, 6.07) is 11.0. The Bertz CT molecular complexity index is 405. The van der Waals surface area contributed by atoms with Crippen LogP contribution in [0.3, 0.4) is 0 Å². The van der Waals surface area contributed by atoms with E-state index < -0.39 is 5.31 Å². The summed E-state index contributed by atoms with van der Waals surface area (Å²) in [4.78, 5) is 0. The first-order valence-corrected chi connectivity index (χ1v) is 15.2. The van der Waals surface area contributed by atoms with E-state index in [1.165, 1.54) is 82.1 Å². The summed E-state index contributed by atoms with van der Waals surface area (Å²) in [5.74, 6) is 0. The van der Waals surface area contributed by atoms with Gasteiger partial charge in [-0.1, -0.05) is 0 Å². The molecule has 0 radical (unpaired) electrons. The second-order valence-corrected chi connectivity index (χ2v) is 21.1. The van der Waals surface area contributed by atoms with Crippen molar-refractivity contribution in [1.82, 2.24) is 0 Å². The molecule has 0 heterocycles. The summed E-state index contributed by atoms with van der Waals surface area (Å²) in [7, 11) is 0. The average Bonchev–Trinajstić information content (AvgIpc) is 2.49. The molecule has 1 rings (SSSR count). The molecule has 134 valence electrons. The van der Waals surface area contributed by atoms with Gasteiger partial charge in [0.2, 0.25) is 0 Å². The summed E-state index contributed by atoms with van der Waals surface area (Å²) < 4.78 is 0. The van der Waals surface area contributed by atoms with E-state index in [0.29, 0.717) is 0 Å². The first kappa shape index (κ1) is 21.2. The van der Waals surface area contributed by atoms with Gasteiger partial charge in [-0.2, -0.15) is 0 Å². The van der Waals surface area contributed by atoms with E-state index in [-0.39, 0.29) is 0 Å². The quantitative estimate of drug-likeness (QED) is 0.231. The van der Waals surface area contributed by atoms with Crippen LogP contribution in [0.2, 0.25) is 0 Å². The van der Waals surface area contributed by atoms with E-state index in [9.17, 15) is 0 Å². The van der Waals surface area contributed by atoms with Gasteiger partial charge in [-0.05, 0) is 0 Å². The zero-order valence-corrected chi connectivity index (χ0v) is 18.2. The van der Waals surface area contributed by atoms with Gasteiger partial charge in [0.25, 0.3) is 0 Å². The maximum absolute atomic E-state index is 4.17. The van der Waals surface area contributed by atoms with Crippen molar-refractivity contribution in [3.8, 4) is 0 Å². The van der Waals surface area contributed by atoms with Crippen LogP contribution >= 0.6 is 20.8 Å². The number of hydrogen-bond acceptors (Lipinski definition) is 0. The molecule has 0 aliphatic heterocycles. The SMILES string of the molecule is CCCCCCCCCCCCP(C)(C)(Br)Cc1ccccc1. The molecule has 0 N–H and O–H groups in total. The van der Waals surface area contributed by atoms with Crippen LogP contribution in [0.25, 0.3) is 0 Å². The maximum atomic E-state index is 4.17. The fourth-order valence-electron chi connectivity index (χ4n) is 3.31. The van der Waals surface area contributed by atoms with Crippen molar-refractivity contribution < 1.29 is 0 Å². The number of halogens is 1. The molecule has 0 spiro atoms. The van der Waals surface area contributed by atoms with Crippen molar-refractivity contribution >= 4 is 20.8 Å². The van der Waals surface area contributed by atoms with Gasteiger partial charge in [-0.15, -0.1) is 0 Å². The van der Waals surface area contributed by atoms with Crippen molar-refractivity contribution in [3.63, 3.8) is 0 Å². The molecule has 1 aromatic carbocycles. The third-order valence-electron chi connectivity index (χ3n) is 4.71. The normalized spacial score (nSPS) is 13.7. The monoisotopic (exact) mass is 400 g/mol. The topological polar surface area (TPSA) is 0 Å². The minimum atomic E-state index is -1.69. The standard InChI is InChI=1S/C21H38BrP/c1-4-5-6-7-8-9-10-11-12-16-19-23(2,3,22)20-21-17-14-13-15-18-21/h13-15,17-18H,4-12,16,19-20H2,1-3H3. The molecule has 0 saturated heterocycles. The van der Waals surface area contributed by atoms with Gasteiger partial charge in [-0.3, -0.25) is 0 Å². The Morgan fingerprint density at radius 3 is 1.74 bits per heavy atom. The molecule has 2 heteroatoms. The molecule has 0 bridgehead atoms. The van der Waals surface area contributed by atoms with Gasteiger partial charge >= 0.3 is 153 Å². The number of unbranched alkanes of at least 4 members (excludes halogenated alkanes) is 9. The van der Waals surface area contributed by atoms with Crippen molar-refractivity contribution in [2.45, 2.75) is 77.3 Å². The van der Waals surface area contributed by atoms with Gasteiger partial charge in [0.15, 0.2) is 0 Å². The summed E-state index contributed by atoms with van der Waals surface area (Å²) in [6.45, 7) is 7.28. The second-order valence-electron chi connectivity index (χ2n) is 8.06. The molecule has 0 saturated carbocycles. The van der Waals surface area contributed by atoms with Gasteiger partial charge < -0.3 is 0 Å². The Hall–Kier alpha value is 0.130. The third-order valence-corrected chi connectivity index (χ3v) is 9.57. The van der Waals surface area contributed by atoms with Crippen LogP contribution in [-0.4, -0.2) is 19.5 Å². The van der Waals surface area contributed by atoms with Crippen LogP contribution in [0, 0.1) is 0 Å². The van der Waals surface area contributed by atoms with Crippen LogP contribution in [0.15, 0.2) is 30.3 Å². The fraction of sp³-hybridized carbons (Fsp3) is 0.714. The van der Waals surface area contributed by atoms with Crippen LogP contribution in [-0.2, 0) is 6.16 Å². The summed E-state index contributed by atoms with van der Waals surface area (Å²) in [5.41, 5.74) is 1.49. The Labute approximate surface area is 153 Å². The second kappa shape index (κ2) is 10.9. The van der Waals surface area contributed by atoms with Crippen molar-refractivity contribution in [2.75, 3.05) is 19.5 Å². The summed E-state index contributed by atoms with van der Waals surface area (Å²) in [5, 5.41) is -1.69. The molecule has 0 fully saturated rings. The van der Waals surface area contributed by atoms with Gasteiger partial charge in [-0.25, -0.2) is 0 Å². The van der Waals surface area contributed by atoms with E-state index in [0.717, 1.165) is 0 Å². The molecule has 0 nitrogen and oxygen atoms in total. The summed E-state index contributed by atoms with van der Waals surface area (Å²) >= 11 is 4.17. The Kier molecular flexibility index (Phi) is 10.0. The predicted octanol–water partition coefficient (Wildman–Crippen LogP) is 8.23. The summed E-state index contributed by atoms with van der Waals surface area (Å²) in [6.07, 6.45) is 16.8. The third kappa shape index (κ3) is 11.3. The molecule has 23 heavy (non-hydrogen) atoms.